The van der Waals surface area contributed by atoms with Crippen LogP contribution in [-0.4, -0.2) is 169 Å². The number of carbonyl (C=O) groups is 3. The Bertz CT molecular complexity index is 3660. The van der Waals surface area contributed by atoms with E-state index in [1.165, 1.54) is 10.8 Å². The highest BCUT2D eigenvalue weighted by molar-refractivity contribution is 6.33. The maximum Gasteiger partial charge on any atom is 0.317 e. The standard InChI is InChI=1S/C60H71ClF4N16O5/c1-66-59(85)79-22-14-47-44(33-79)55(80-16-4-5-37-27-41(38-30-68-73(2)32-38)42(53(62)63)29-48(37)80)72-81(47)40-12-20-76(21-13-40)49(82)15-17-75-23-25-77(26-24-75)56(83)36-10-18-78(19-11-36)58-67-31-45(61)54(71-58)69-39-8-9-46-43(28-39)50-51(57(84)74(46)3)86-34-60(64,65)52(70-50)35-6-7-35/h8-9,27-32,35-36,40,52-53,70H,4-7,10-26,33-34H2,1-3H3,(H,66,85)(H,67,69,71)/t52-/m0/s1. The number of alkyl halides is 4. The van der Waals surface area contributed by atoms with Crippen LogP contribution in [0.5, 0.6) is 5.75 Å². The molecule has 6 aliphatic heterocycles. The van der Waals surface area contributed by atoms with Crippen LogP contribution >= 0.6 is 11.6 Å². The number of nitrogens with one attached hydrogen (secondary N) is 3. The fourth-order valence-corrected chi connectivity index (χ4v) is 13.8. The molecule has 4 fully saturated rings. The van der Waals surface area contributed by atoms with E-state index in [1.54, 1.807) is 67.4 Å². The molecule has 0 unspecified atom stereocenters. The Morgan fingerprint density at radius 1 is 0.895 bits per heavy atom. The summed E-state index contributed by atoms with van der Waals surface area (Å²) in [5.41, 5.74) is 5.52. The van der Waals surface area contributed by atoms with Gasteiger partial charge in [-0.1, -0.05) is 11.6 Å². The minimum absolute atomic E-state index is 0.0141. The first-order valence-electron chi connectivity index (χ1n) is 30.1. The van der Waals surface area contributed by atoms with Crippen molar-refractivity contribution in [3.8, 4) is 16.9 Å². The van der Waals surface area contributed by atoms with Crippen molar-refractivity contribution in [1.29, 1.82) is 0 Å². The van der Waals surface area contributed by atoms with E-state index in [2.05, 4.69) is 40.5 Å². The summed E-state index contributed by atoms with van der Waals surface area (Å²) in [6, 6.07) is 7.44. The number of pyridine rings is 1. The quantitative estimate of drug-likeness (QED) is 0.100. The zero-order valence-electron chi connectivity index (χ0n) is 48.5. The Morgan fingerprint density at radius 2 is 1.67 bits per heavy atom. The number of carbonyl (C=O) groups excluding carboxylic acids is 3. The number of hydrogen-bond acceptors (Lipinski definition) is 14. The molecule has 7 aliphatic rings. The third kappa shape index (κ3) is 11.0. The Kier molecular flexibility index (Phi) is 15.5. The molecule has 21 nitrogen and oxygen atoms in total. The number of likely N-dealkylation sites (tertiary alicyclic amines) is 1. The maximum atomic E-state index is 15.3. The Hall–Kier alpha value is -7.67. The molecule has 0 radical (unpaired) electrons. The monoisotopic (exact) mass is 1210 g/mol. The summed E-state index contributed by atoms with van der Waals surface area (Å²) in [5, 5.41) is 19.4. The normalized spacial score (nSPS) is 20.3. The molecule has 3 saturated heterocycles. The van der Waals surface area contributed by atoms with Crippen LogP contribution < -0.4 is 36.0 Å². The molecule has 13 rings (SSSR count). The van der Waals surface area contributed by atoms with Crippen LogP contribution in [0.1, 0.15) is 86.2 Å². The summed E-state index contributed by atoms with van der Waals surface area (Å²) in [7, 11) is 4.96. The Morgan fingerprint density at radius 3 is 2.40 bits per heavy atom. The van der Waals surface area contributed by atoms with Crippen molar-refractivity contribution < 1.29 is 36.7 Å². The molecule has 1 aliphatic carbocycles. The van der Waals surface area contributed by atoms with Gasteiger partial charge in [0, 0.05) is 157 Å². The van der Waals surface area contributed by atoms with E-state index >= 15 is 8.78 Å². The highest BCUT2D eigenvalue weighted by Gasteiger charge is 2.51. The number of nitrogens with zero attached hydrogens (tertiary/aromatic N) is 13. The van der Waals surface area contributed by atoms with E-state index in [1.807, 2.05) is 20.8 Å². The van der Waals surface area contributed by atoms with Gasteiger partial charge >= 0.3 is 12.0 Å². The van der Waals surface area contributed by atoms with Crippen molar-refractivity contribution >= 4 is 75.0 Å². The topological polar surface area (TPSA) is 199 Å². The van der Waals surface area contributed by atoms with Gasteiger partial charge < -0.3 is 49.8 Å². The van der Waals surface area contributed by atoms with Gasteiger partial charge in [0.15, 0.2) is 18.2 Å². The number of ether oxygens (including phenoxy) is 1. The number of urea groups is 1. The van der Waals surface area contributed by atoms with Crippen molar-refractivity contribution in [3.05, 3.63) is 86.7 Å². The van der Waals surface area contributed by atoms with Crippen LogP contribution in [0.15, 0.2) is 53.7 Å². The Labute approximate surface area is 499 Å². The molecule has 3 N–H and O–H groups in total. The minimum atomic E-state index is -3.17. The molecule has 0 spiro atoms. The smallest absolute Gasteiger partial charge is 0.317 e. The molecule has 1 atom stereocenters. The lowest BCUT2D eigenvalue weighted by Crippen LogP contribution is -2.52. The average Bonchev–Trinajstić information content (AvgIpc) is 2.55. The van der Waals surface area contributed by atoms with Crippen LogP contribution in [-0.2, 0) is 43.1 Å². The largest absolute Gasteiger partial charge is 0.480 e. The number of aryl methyl sites for hydroxylation is 3. The second-order valence-corrected chi connectivity index (χ2v) is 24.4. The molecule has 4 amide bonds. The van der Waals surface area contributed by atoms with Gasteiger partial charge in [-0.2, -0.15) is 15.2 Å². The second-order valence-electron chi connectivity index (χ2n) is 24.0. The van der Waals surface area contributed by atoms with Gasteiger partial charge in [-0.15, -0.1) is 0 Å². The van der Waals surface area contributed by atoms with E-state index in [0.29, 0.717) is 181 Å². The lowest BCUT2D eigenvalue weighted by molar-refractivity contribution is -0.138. The minimum Gasteiger partial charge on any atom is -0.480 e. The fraction of sp³-hybridized carbons (Fsp3) is 0.533. The van der Waals surface area contributed by atoms with E-state index in [0.717, 1.165) is 29.7 Å². The predicted octanol–water partition coefficient (Wildman–Crippen LogP) is 7.87. The highest BCUT2D eigenvalue weighted by atomic mass is 35.5. The Balaban J connectivity index is 0.596. The first-order chi connectivity index (χ1) is 41.5. The number of anilines is 6. The molecular formula is C60H71ClF4N16O5. The van der Waals surface area contributed by atoms with Crippen LogP contribution in [0.3, 0.4) is 0 Å². The van der Waals surface area contributed by atoms with Gasteiger partial charge in [-0.3, -0.25) is 28.6 Å². The summed E-state index contributed by atoms with van der Waals surface area (Å²) in [6.07, 6.45) is 8.67. The molecular weight excluding hydrogens is 1140 g/mol. The maximum absolute atomic E-state index is 15.3. The van der Waals surface area contributed by atoms with Gasteiger partial charge in [-0.05, 0) is 98.7 Å². The molecule has 6 aromatic rings. The fourth-order valence-electron chi connectivity index (χ4n) is 13.7. The van der Waals surface area contributed by atoms with Crippen molar-refractivity contribution in [2.75, 3.05) is 106 Å². The number of rotatable bonds is 12. The van der Waals surface area contributed by atoms with Crippen LogP contribution in [0.2, 0.25) is 5.02 Å². The van der Waals surface area contributed by atoms with Crippen LogP contribution in [0.25, 0.3) is 22.0 Å². The zero-order chi connectivity index (χ0) is 59.7. The first-order valence-corrected chi connectivity index (χ1v) is 30.4. The van der Waals surface area contributed by atoms with Gasteiger partial charge in [0.05, 0.1) is 42.2 Å². The first kappa shape index (κ1) is 57.4. The molecule has 86 heavy (non-hydrogen) atoms. The van der Waals surface area contributed by atoms with E-state index < -0.39 is 30.6 Å². The van der Waals surface area contributed by atoms with Crippen LogP contribution in [0, 0.1) is 11.8 Å². The van der Waals surface area contributed by atoms with Gasteiger partial charge in [-0.25, -0.2) is 27.3 Å². The number of fused-ring (bicyclic) bond motifs is 5. The second kappa shape index (κ2) is 23.2. The van der Waals surface area contributed by atoms with E-state index in [-0.39, 0.29) is 57.7 Å². The molecule has 456 valence electrons. The lowest BCUT2D eigenvalue weighted by Gasteiger charge is -2.39. The number of hydrogen-bond donors (Lipinski definition) is 3. The molecule has 10 heterocycles. The number of piperazine rings is 1. The number of benzene rings is 2. The molecule has 1 saturated carbocycles. The number of piperidine rings is 2. The van der Waals surface area contributed by atoms with Gasteiger partial charge in [0.2, 0.25) is 23.5 Å². The highest BCUT2D eigenvalue weighted by Crippen LogP contribution is 2.47. The molecule has 26 heteroatoms. The van der Waals surface area contributed by atoms with Gasteiger partial charge in [0.25, 0.3) is 12.0 Å². The van der Waals surface area contributed by atoms with Crippen molar-refractivity contribution in [2.45, 2.75) is 95.2 Å². The number of amides is 4. The van der Waals surface area contributed by atoms with Gasteiger partial charge in [0.1, 0.15) is 5.02 Å². The summed E-state index contributed by atoms with van der Waals surface area (Å²) < 4.78 is 70.9. The molecule has 2 aromatic carbocycles. The number of halogens is 5. The average molecular weight is 1210 g/mol. The van der Waals surface area contributed by atoms with E-state index in [4.69, 9.17) is 26.4 Å². The lowest BCUT2D eigenvalue weighted by atomic mass is 9.92. The third-order valence-electron chi connectivity index (χ3n) is 18.7. The van der Waals surface area contributed by atoms with Crippen molar-refractivity contribution in [1.82, 2.24) is 59.0 Å². The summed E-state index contributed by atoms with van der Waals surface area (Å²) in [5.74, 6) is -1.97. The SMILES string of the molecule is CNC(=O)N1CCc2c(c(N3CCCc4cc(-c5cnn(C)c5)c(C(F)F)cc43)nn2C2CCN(C(=O)CCN3CCN(C(=O)C4CCN(c5ncc(Cl)c(Nc6ccc7c(c6)c6c(c(=O)n7C)OCC(F)(F)[C@H](C7CC7)N6)n5)CC4)CC3)CC2)C1. The predicted molar refractivity (Wildman–Crippen MR) is 317 cm³/mol. The number of aromatic nitrogens is 7. The summed E-state index contributed by atoms with van der Waals surface area (Å²) in [4.78, 5) is 75.4. The zero-order valence-corrected chi connectivity index (χ0v) is 49.3. The van der Waals surface area contributed by atoms with Crippen molar-refractivity contribution in [3.63, 3.8) is 0 Å². The molecule has 0 bridgehead atoms. The summed E-state index contributed by atoms with van der Waals surface area (Å²) >= 11 is 6.65. The molecule has 4 aromatic heterocycles. The summed E-state index contributed by atoms with van der Waals surface area (Å²) in [6.45, 7) is 5.93. The van der Waals surface area contributed by atoms with Crippen molar-refractivity contribution in [2.24, 2.45) is 25.9 Å². The third-order valence-corrected chi connectivity index (χ3v) is 18.9. The van der Waals surface area contributed by atoms with E-state index in [9.17, 15) is 28.0 Å². The van der Waals surface area contributed by atoms with Crippen LogP contribution in [0.4, 0.5) is 57.0 Å².